The van der Waals surface area contributed by atoms with E-state index in [2.05, 4.69) is 41.6 Å². The molecule has 0 bridgehead atoms. The number of fused-ring (bicyclic) bond motifs is 3. The van der Waals surface area contributed by atoms with Gasteiger partial charge in [-0.15, -0.1) is 0 Å². The number of pyridine rings is 1. The van der Waals surface area contributed by atoms with Gasteiger partial charge in [0.2, 0.25) is 5.91 Å². The average Bonchev–Trinajstić information content (AvgIpc) is 3.95. The highest BCUT2D eigenvalue weighted by molar-refractivity contribution is 6.30. The fourth-order valence-electron chi connectivity index (χ4n) is 10.6. The van der Waals surface area contributed by atoms with Crippen LogP contribution in [0.3, 0.4) is 0 Å². The molecule has 10 nitrogen and oxygen atoms in total. The Labute approximate surface area is 363 Å². The maximum atomic E-state index is 13.2. The van der Waals surface area contributed by atoms with Gasteiger partial charge in [0.25, 0.3) is 0 Å². The van der Waals surface area contributed by atoms with Gasteiger partial charge in [-0.1, -0.05) is 67.9 Å². The Bertz CT molecular complexity index is 2240. The number of aryl methyl sites for hydroxylation is 1. The van der Waals surface area contributed by atoms with Crippen LogP contribution in [0.25, 0.3) is 0 Å². The van der Waals surface area contributed by atoms with Crippen molar-refractivity contribution in [2.75, 3.05) is 18.5 Å². The van der Waals surface area contributed by atoms with Gasteiger partial charge in [0.1, 0.15) is 23.1 Å². The van der Waals surface area contributed by atoms with Crippen LogP contribution in [0, 0.1) is 17.3 Å². The largest absolute Gasteiger partial charge is 0.493 e. The number of aliphatic carboxylic acids is 2. The van der Waals surface area contributed by atoms with Gasteiger partial charge in [0.15, 0.2) is 0 Å². The zero-order chi connectivity index (χ0) is 42.8. The summed E-state index contributed by atoms with van der Waals surface area (Å²) in [7, 11) is 0. The molecule has 0 saturated heterocycles. The highest BCUT2D eigenvalue weighted by Crippen LogP contribution is 2.57. The smallest absolute Gasteiger partial charge is 0.329 e. The number of nitrogens with one attached hydrogen (secondary N) is 2. The van der Waals surface area contributed by atoms with Crippen LogP contribution in [0.4, 0.5) is 5.69 Å². The Balaban J connectivity index is 0.982. The van der Waals surface area contributed by atoms with Crippen LogP contribution in [0.1, 0.15) is 112 Å². The normalized spacial score (nSPS) is 24.4. The molecule has 1 unspecified atom stereocenters. The van der Waals surface area contributed by atoms with Crippen molar-refractivity contribution in [3.63, 3.8) is 0 Å². The SMILES string of the molecule is C[C@@H](COc1ccnc2c1[C@H](C)CCC2)CC1Cc2ccc(OCC3(CC(=O)N[C@@H](Cc4ccccc4)C(=O)O)CC3)cc2C12CCC(Nc1cccc(Cl)c1)(C(=O)O)CC2. The van der Waals surface area contributed by atoms with E-state index >= 15 is 0 Å². The first-order chi connectivity index (χ1) is 29.4. The number of rotatable bonds is 17. The predicted molar refractivity (Wildman–Crippen MR) is 236 cm³/mol. The molecular weight excluding hydrogens is 790 g/mol. The number of carbonyl (C=O) groups excluding carboxylic acids is 1. The second-order valence-corrected chi connectivity index (χ2v) is 19.1. The fraction of sp³-hybridized carbons (Fsp3) is 0.480. The maximum absolute atomic E-state index is 13.2. The lowest BCUT2D eigenvalue weighted by atomic mass is 9.59. The van der Waals surface area contributed by atoms with Crippen molar-refractivity contribution in [1.82, 2.24) is 10.3 Å². The molecule has 3 aromatic carbocycles. The first-order valence-corrected chi connectivity index (χ1v) is 22.4. The standard InChI is InChI=1S/C50H58ClN3O7/c1-32(30-60-43-16-23-52-41-13-6-8-33(2)45(41)43)24-36-26-35-14-15-39(61-31-48(17-18-48)29-44(55)53-42(46(56)57)25-34-9-4-3-5-10-34)28-40(35)49(36)19-21-50(22-20-49,47(58)59)54-38-12-7-11-37(51)27-38/h3-5,7,9-12,14-16,23,27-28,32-33,36,42,54H,6,8,13,17-22,24-26,29-31H2,1-2H3,(H,53,55)(H,56,57)(H,58,59)/t32-,33-,36?,42+,49?,50?/m1/s1. The first kappa shape index (κ1) is 42.6. The average molecular weight is 848 g/mol. The van der Waals surface area contributed by atoms with Gasteiger partial charge in [-0.3, -0.25) is 9.78 Å². The van der Waals surface area contributed by atoms with Crippen molar-refractivity contribution >= 4 is 35.1 Å². The molecule has 2 saturated carbocycles. The van der Waals surface area contributed by atoms with Crippen molar-refractivity contribution < 1.29 is 34.1 Å². The number of benzene rings is 3. The van der Waals surface area contributed by atoms with Crippen molar-refractivity contribution in [3.05, 3.63) is 118 Å². The quantitative estimate of drug-likeness (QED) is 0.0816. The minimum Gasteiger partial charge on any atom is -0.493 e. The third-order valence-corrected chi connectivity index (χ3v) is 14.5. The fourth-order valence-corrected chi connectivity index (χ4v) is 10.8. The van der Waals surface area contributed by atoms with Gasteiger partial charge < -0.3 is 30.3 Å². The number of ether oxygens (including phenoxy) is 2. The van der Waals surface area contributed by atoms with Crippen LogP contribution < -0.4 is 20.1 Å². The van der Waals surface area contributed by atoms with Crippen LogP contribution in [0.5, 0.6) is 11.5 Å². The number of carboxylic acid groups (broad SMARTS) is 2. The van der Waals surface area contributed by atoms with Crippen molar-refractivity contribution in [2.24, 2.45) is 17.3 Å². The second-order valence-electron chi connectivity index (χ2n) is 18.6. The van der Waals surface area contributed by atoms with E-state index in [1.54, 1.807) is 12.1 Å². The second kappa shape index (κ2) is 17.7. The summed E-state index contributed by atoms with van der Waals surface area (Å²) in [6.07, 6.45) is 11.3. The molecule has 11 heteroatoms. The van der Waals surface area contributed by atoms with Crippen LogP contribution in [0.15, 0.2) is 85.1 Å². The summed E-state index contributed by atoms with van der Waals surface area (Å²) in [6.45, 7) is 5.47. The minimum atomic E-state index is -1.14. The Morgan fingerprint density at radius 2 is 1.72 bits per heavy atom. The van der Waals surface area contributed by atoms with Crippen LogP contribution in [0.2, 0.25) is 5.02 Å². The Hall–Kier alpha value is -5.09. The van der Waals surface area contributed by atoms with Crippen molar-refractivity contribution in [3.8, 4) is 11.5 Å². The molecule has 4 N–H and O–H groups in total. The molecule has 2 fully saturated rings. The highest BCUT2D eigenvalue weighted by atomic mass is 35.5. The van der Waals surface area contributed by atoms with Gasteiger partial charge in [-0.2, -0.15) is 0 Å². The Kier molecular flexibility index (Phi) is 12.4. The molecule has 1 amide bonds. The number of halogens is 1. The monoisotopic (exact) mass is 847 g/mol. The number of amides is 1. The minimum absolute atomic E-state index is 0.195. The molecule has 322 valence electrons. The number of nitrogens with zero attached hydrogens (tertiary/aromatic N) is 1. The summed E-state index contributed by atoms with van der Waals surface area (Å²) in [5.74, 6) is 0.424. The lowest BCUT2D eigenvalue weighted by Crippen LogP contribution is -2.53. The molecule has 4 atom stereocenters. The number of hydrogen-bond donors (Lipinski definition) is 4. The number of anilines is 1. The molecule has 1 aromatic heterocycles. The zero-order valence-corrected chi connectivity index (χ0v) is 36.0. The molecular formula is C50H58ClN3O7. The summed E-state index contributed by atoms with van der Waals surface area (Å²) < 4.78 is 13.1. The van der Waals surface area contributed by atoms with Gasteiger partial charge in [0, 0.05) is 46.4 Å². The van der Waals surface area contributed by atoms with Crippen LogP contribution in [-0.4, -0.2) is 57.8 Å². The predicted octanol–water partition coefficient (Wildman–Crippen LogP) is 9.56. The summed E-state index contributed by atoms with van der Waals surface area (Å²) in [4.78, 5) is 43.1. The molecule has 0 radical (unpaired) electrons. The molecule has 4 aromatic rings. The van der Waals surface area contributed by atoms with Gasteiger partial charge in [-0.25, -0.2) is 9.59 Å². The third kappa shape index (κ3) is 9.40. The number of carboxylic acids is 2. The Morgan fingerprint density at radius 1 is 0.934 bits per heavy atom. The van der Waals surface area contributed by atoms with Crippen molar-refractivity contribution in [1.29, 1.82) is 0 Å². The Morgan fingerprint density at radius 3 is 2.44 bits per heavy atom. The van der Waals surface area contributed by atoms with E-state index in [0.29, 0.717) is 55.5 Å². The van der Waals surface area contributed by atoms with E-state index in [1.165, 1.54) is 16.7 Å². The summed E-state index contributed by atoms with van der Waals surface area (Å²) in [6, 6.07) is 24.0. The lowest BCUT2D eigenvalue weighted by molar-refractivity contribution is -0.144. The number of hydrogen-bond acceptors (Lipinski definition) is 7. The molecule has 61 heavy (non-hydrogen) atoms. The van der Waals surface area contributed by atoms with E-state index in [4.69, 9.17) is 21.1 Å². The summed E-state index contributed by atoms with van der Waals surface area (Å²) in [5, 5.41) is 27.3. The van der Waals surface area contributed by atoms with Crippen LogP contribution in [-0.2, 0) is 39.1 Å². The molecule has 4 aliphatic rings. The van der Waals surface area contributed by atoms with E-state index in [0.717, 1.165) is 67.7 Å². The number of aromatic nitrogens is 1. The van der Waals surface area contributed by atoms with E-state index < -0.39 is 23.5 Å². The van der Waals surface area contributed by atoms with E-state index in [-0.39, 0.29) is 41.4 Å². The molecule has 1 heterocycles. The van der Waals surface area contributed by atoms with E-state index in [1.807, 2.05) is 60.8 Å². The zero-order valence-electron chi connectivity index (χ0n) is 35.3. The third-order valence-electron chi connectivity index (χ3n) is 14.2. The van der Waals surface area contributed by atoms with Gasteiger partial charge >= 0.3 is 11.9 Å². The molecule has 0 aliphatic heterocycles. The summed E-state index contributed by atoms with van der Waals surface area (Å²) >= 11 is 6.32. The highest BCUT2D eigenvalue weighted by Gasteiger charge is 2.54. The lowest BCUT2D eigenvalue weighted by Gasteiger charge is -2.47. The maximum Gasteiger partial charge on any atom is 0.329 e. The molecule has 4 aliphatic carbocycles. The van der Waals surface area contributed by atoms with E-state index in [9.17, 15) is 24.6 Å². The first-order valence-electron chi connectivity index (χ1n) is 22.1. The topological polar surface area (TPSA) is 147 Å². The van der Waals surface area contributed by atoms with Crippen molar-refractivity contribution in [2.45, 2.75) is 120 Å². The van der Waals surface area contributed by atoms with Gasteiger partial charge in [-0.05, 0) is 147 Å². The van der Waals surface area contributed by atoms with Crippen LogP contribution >= 0.6 is 11.6 Å². The van der Waals surface area contributed by atoms with Gasteiger partial charge in [0.05, 0.1) is 13.2 Å². The molecule has 8 rings (SSSR count). The molecule has 1 spiro atoms. The number of carbonyl (C=O) groups is 3. The summed E-state index contributed by atoms with van der Waals surface area (Å²) in [5.41, 5.74) is 4.71.